The van der Waals surface area contributed by atoms with E-state index in [4.69, 9.17) is 11.6 Å². The maximum atomic E-state index is 11.8. The van der Waals surface area contributed by atoms with Gasteiger partial charge in [0, 0.05) is 36.0 Å². The molecule has 98 valence electrons. The maximum Gasteiger partial charge on any atom is 0.226 e. The molecule has 0 saturated carbocycles. The molecule has 3 rings (SSSR count). The molecule has 0 spiro atoms. The van der Waals surface area contributed by atoms with Gasteiger partial charge in [0.15, 0.2) is 5.82 Å². The molecule has 1 unspecified atom stereocenters. The molecule has 1 atom stereocenters. The molecule has 2 N–H and O–H groups in total. The molecule has 0 saturated heterocycles. The first-order chi connectivity index (χ1) is 9.20. The standard InChI is InChI=1S/C13H13ClN4O/c1-2-10-12-8(7-3-4-15-6-9(7)14)5-11(19)16-13(12)18-17-10/h3-4,6,8H,2,5H2,1H3,(H2,16,17,18,19). The number of fused-ring (bicyclic) bond motifs is 1. The third kappa shape index (κ3) is 2.00. The van der Waals surface area contributed by atoms with E-state index in [1.165, 1.54) is 0 Å². The summed E-state index contributed by atoms with van der Waals surface area (Å²) in [5, 5.41) is 10.5. The number of aromatic nitrogens is 3. The van der Waals surface area contributed by atoms with E-state index in [1.807, 2.05) is 6.07 Å². The van der Waals surface area contributed by atoms with Gasteiger partial charge in [-0.3, -0.25) is 14.9 Å². The number of hydrogen-bond donors (Lipinski definition) is 2. The largest absolute Gasteiger partial charge is 0.309 e. The highest BCUT2D eigenvalue weighted by Gasteiger charge is 2.32. The summed E-state index contributed by atoms with van der Waals surface area (Å²) in [6.07, 6.45) is 4.51. The van der Waals surface area contributed by atoms with Crippen molar-refractivity contribution in [2.75, 3.05) is 5.32 Å². The Morgan fingerprint density at radius 1 is 1.53 bits per heavy atom. The van der Waals surface area contributed by atoms with Gasteiger partial charge >= 0.3 is 0 Å². The van der Waals surface area contributed by atoms with Gasteiger partial charge in [-0.1, -0.05) is 18.5 Å². The number of aryl methyl sites for hydroxylation is 1. The maximum absolute atomic E-state index is 11.8. The molecule has 5 nitrogen and oxygen atoms in total. The first-order valence-electron chi connectivity index (χ1n) is 6.17. The summed E-state index contributed by atoms with van der Waals surface area (Å²) in [6, 6.07) is 1.86. The van der Waals surface area contributed by atoms with Crippen LogP contribution in [0.2, 0.25) is 5.02 Å². The fourth-order valence-electron chi connectivity index (χ4n) is 2.53. The lowest BCUT2D eigenvalue weighted by Crippen LogP contribution is -2.23. The molecule has 1 aliphatic rings. The lowest BCUT2D eigenvalue weighted by atomic mass is 9.85. The van der Waals surface area contributed by atoms with E-state index in [9.17, 15) is 4.79 Å². The van der Waals surface area contributed by atoms with Crippen molar-refractivity contribution in [3.63, 3.8) is 0 Å². The van der Waals surface area contributed by atoms with Gasteiger partial charge in [-0.2, -0.15) is 5.10 Å². The van der Waals surface area contributed by atoms with Crippen molar-refractivity contribution in [2.45, 2.75) is 25.7 Å². The predicted octanol–water partition coefficient (Wildman–Crippen LogP) is 2.49. The molecule has 0 aliphatic carbocycles. The molecule has 19 heavy (non-hydrogen) atoms. The van der Waals surface area contributed by atoms with Crippen LogP contribution in [0, 0.1) is 0 Å². The van der Waals surface area contributed by atoms with Crippen LogP contribution < -0.4 is 5.32 Å². The monoisotopic (exact) mass is 276 g/mol. The number of carbonyl (C=O) groups is 1. The van der Waals surface area contributed by atoms with Crippen LogP contribution in [0.25, 0.3) is 0 Å². The van der Waals surface area contributed by atoms with Crippen LogP contribution in [0.3, 0.4) is 0 Å². The topological polar surface area (TPSA) is 70.7 Å². The quantitative estimate of drug-likeness (QED) is 0.885. The average Bonchev–Trinajstić information content (AvgIpc) is 2.81. The number of anilines is 1. The molecule has 1 amide bonds. The fourth-order valence-corrected chi connectivity index (χ4v) is 2.78. The summed E-state index contributed by atoms with van der Waals surface area (Å²) in [5.74, 6) is 0.512. The second-order valence-corrected chi connectivity index (χ2v) is 4.93. The SMILES string of the molecule is CCc1[nH]nc2c1C(c1ccncc1Cl)CC(=O)N2. The van der Waals surface area contributed by atoms with Crippen LogP contribution in [0.5, 0.6) is 0 Å². The number of pyridine rings is 1. The predicted molar refractivity (Wildman–Crippen MR) is 72.3 cm³/mol. The molecule has 0 aromatic carbocycles. The number of rotatable bonds is 2. The Morgan fingerprint density at radius 3 is 3.11 bits per heavy atom. The van der Waals surface area contributed by atoms with E-state index in [-0.39, 0.29) is 11.8 Å². The number of aromatic amines is 1. The minimum absolute atomic E-state index is 0.0421. The molecule has 3 heterocycles. The fraction of sp³-hybridized carbons (Fsp3) is 0.308. The highest BCUT2D eigenvalue weighted by molar-refractivity contribution is 6.31. The third-order valence-corrected chi connectivity index (χ3v) is 3.73. The Kier molecular flexibility index (Phi) is 2.98. The summed E-state index contributed by atoms with van der Waals surface area (Å²) < 4.78 is 0. The van der Waals surface area contributed by atoms with Crippen LogP contribution >= 0.6 is 11.6 Å². The Labute approximate surface area is 115 Å². The van der Waals surface area contributed by atoms with Gasteiger partial charge in [-0.05, 0) is 18.1 Å². The molecule has 0 bridgehead atoms. The van der Waals surface area contributed by atoms with Crippen LogP contribution in [0.4, 0.5) is 5.82 Å². The summed E-state index contributed by atoms with van der Waals surface area (Å²) >= 11 is 6.21. The van der Waals surface area contributed by atoms with E-state index in [0.29, 0.717) is 17.3 Å². The number of hydrogen-bond acceptors (Lipinski definition) is 3. The minimum Gasteiger partial charge on any atom is -0.309 e. The van der Waals surface area contributed by atoms with Gasteiger partial charge in [0.1, 0.15) is 0 Å². The van der Waals surface area contributed by atoms with Crippen molar-refractivity contribution in [3.8, 4) is 0 Å². The number of nitrogens with one attached hydrogen (secondary N) is 2. The Hall–Kier alpha value is -1.88. The Bertz CT molecular complexity index is 637. The summed E-state index contributed by atoms with van der Waals surface area (Å²) in [4.78, 5) is 15.8. The van der Waals surface area contributed by atoms with Gasteiger partial charge in [-0.25, -0.2) is 0 Å². The van der Waals surface area contributed by atoms with Gasteiger partial charge in [-0.15, -0.1) is 0 Å². The Morgan fingerprint density at radius 2 is 2.37 bits per heavy atom. The van der Waals surface area contributed by atoms with Crippen LogP contribution in [-0.4, -0.2) is 21.1 Å². The Balaban J connectivity index is 2.15. The van der Waals surface area contributed by atoms with Crippen molar-refractivity contribution in [1.82, 2.24) is 15.2 Å². The zero-order valence-electron chi connectivity index (χ0n) is 10.4. The zero-order chi connectivity index (χ0) is 13.4. The van der Waals surface area contributed by atoms with E-state index in [1.54, 1.807) is 12.4 Å². The number of halogens is 1. The van der Waals surface area contributed by atoms with Gasteiger partial charge in [0.05, 0.1) is 5.02 Å². The molecular weight excluding hydrogens is 264 g/mol. The third-order valence-electron chi connectivity index (χ3n) is 3.41. The second kappa shape index (κ2) is 4.66. The van der Waals surface area contributed by atoms with Gasteiger partial charge in [0.2, 0.25) is 5.91 Å². The summed E-state index contributed by atoms with van der Waals surface area (Å²) in [5.41, 5.74) is 2.99. The van der Waals surface area contributed by atoms with Gasteiger partial charge in [0.25, 0.3) is 0 Å². The number of H-pyrrole nitrogens is 1. The average molecular weight is 277 g/mol. The molecule has 2 aromatic heterocycles. The highest BCUT2D eigenvalue weighted by Crippen LogP contribution is 2.40. The van der Waals surface area contributed by atoms with Gasteiger partial charge < -0.3 is 5.32 Å². The molecule has 0 fully saturated rings. The first kappa shape index (κ1) is 12.2. The molecule has 1 aliphatic heterocycles. The number of carbonyl (C=O) groups excluding carboxylic acids is 1. The minimum atomic E-state index is -0.0621. The summed E-state index contributed by atoms with van der Waals surface area (Å²) in [6.45, 7) is 2.05. The van der Waals surface area contributed by atoms with Crippen molar-refractivity contribution in [3.05, 3.63) is 40.3 Å². The van der Waals surface area contributed by atoms with Crippen molar-refractivity contribution >= 4 is 23.3 Å². The smallest absolute Gasteiger partial charge is 0.226 e. The lowest BCUT2D eigenvalue weighted by Gasteiger charge is -2.23. The molecule has 6 heteroatoms. The van der Waals surface area contributed by atoms with E-state index < -0.39 is 0 Å². The second-order valence-electron chi connectivity index (χ2n) is 4.52. The number of nitrogens with zero attached hydrogens (tertiary/aromatic N) is 2. The molecular formula is C13H13ClN4O. The van der Waals surface area contributed by atoms with E-state index in [2.05, 4.69) is 27.4 Å². The highest BCUT2D eigenvalue weighted by atomic mass is 35.5. The van der Waals surface area contributed by atoms with Crippen LogP contribution in [0.15, 0.2) is 18.5 Å². The van der Waals surface area contributed by atoms with E-state index >= 15 is 0 Å². The summed E-state index contributed by atoms with van der Waals surface area (Å²) in [7, 11) is 0. The first-order valence-corrected chi connectivity index (χ1v) is 6.55. The lowest BCUT2D eigenvalue weighted by molar-refractivity contribution is -0.116. The van der Waals surface area contributed by atoms with Crippen molar-refractivity contribution < 1.29 is 4.79 Å². The zero-order valence-corrected chi connectivity index (χ0v) is 11.2. The molecule has 2 aromatic rings. The van der Waals surface area contributed by atoms with Crippen LogP contribution in [0.1, 0.15) is 36.1 Å². The number of amides is 1. The van der Waals surface area contributed by atoms with Crippen molar-refractivity contribution in [1.29, 1.82) is 0 Å². The normalized spacial score (nSPS) is 18.0. The molecule has 0 radical (unpaired) electrons. The van der Waals surface area contributed by atoms with Crippen LogP contribution in [-0.2, 0) is 11.2 Å². The van der Waals surface area contributed by atoms with E-state index in [0.717, 1.165) is 23.2 Å². The van der Waals surface area contributed by atoms with Crippen molar-refractivity contribution in [2.24, 2.45) is 0 Å².